The molecule has 1 atom stereocenters. The number of ether oxygens (including phenoxy) is 1. The number of hydrogen-bond donors (Lipinski definition) is 2. The van der Waals surface area contributed by atoms with Gasteiger partial charge in [0.2, 0.25) is 17.6 Å². The molecule has 1 unspecified atom stereocenters. The van der Waals surface area contributed by atoms with E-state index in [1.807, 2.05) is 0 Å². The molecule has 0 aliphatic carbocycles. The first-order chi connectivity index (χ1) is 18.1. The molecule has 3 aromatic heterocycles. The number of carbonyl (C=O) groups is 2. The fourth-order valence-electron chi connectivity index (χ4n) is 4.26. The summed E-state index contributed by atoms with van der Waals surface area (Å²) in [5, 5.41) is 13.7. The van der Waals surface area contributed by atoms with Crippen molar-refractivity contribution in [1.29, 1.82) is 0 Å². The highest BCUT2D eigenvalue weighted by Gasteiger charge is 2.28. The van der Waals surface area contributed by atoms with Gasteiger partial charge in [-0.1, -0.05) is 17.8 Å². The maximum atomic E-state index is 12.9. The molecule has 4 aromatic rings. The molecule has 0 spiro atoms. The van der Waals surface area contributed by atoms with E-state index in [4.69, 9.17) is 9.26 Å². The van der Waals surface area contributed by atoms with Gasteiger partial charge in [-0.3, -0.25) is 14.7 Å². The zero-order valence-electron chi connectivity index (χ0n) is 20.2. The maximum Gasteiger partial charge on any atom is 0.274 e. The third kappa shape index (κ3) is 5.10. The van der Waals surface area contributed by atoms with Gasteiger partial charge in [0.1, 0.15) is 11.4 Å². The van der Waals surface area contributed by atoms with Crippen molar-refractivity contribution in [1.82, 2.24) is 30.2 Å². The highest BCUT2D eigenvalue weighted by atomic mass is 16.5. The summed E-state index contributed by atoms with van der Waals surface area (Å²) in [7, 11) is 1.51. The molecule has 1 aliphatic heterocycles. The van der Waals surface area contributed by atoms with Crippen molar-refractivity contribution in [3.8, 4) is 28.5 Å². The summed E-state index contributed by atoms with van der Waals surface area (Å²) in [6.45, 7) is 4.76. The van der Waals surface area contributed by atoms with Gasteiger partial charge in [-0.25, -0.2) is 4.98 Å². The van der Waals surface area contributed by atoms with Crippen LogP contribution in [-0.4, -0.2) is 62.2 Å². The van der Waals surface area contributed by atoms with Crippen LogP contribution in [0.1, 0.15) is 35.1 Å². The van der Waals surface area contributed by atoms with Gasteiger partial charge in [-0.2, -0.15) is 10.1 Å². The van der Waals surface area contributed by atoms with Gasteiger partial charge >= 0.3 is 0 Å². The summed E-state index contributed by atoms with van der Waals surface area (Å²) in [5.74, 6) is 0.787. The Labute approximate surface area is 212 Å². The number of aromatic amines is 1. The van der Waals surface area contributed by atoms with Gasteiger partial charge in [-0.15, -0.1) is 0 Å². The van der Waals surface area contributed by atoms with Crippen LogP contribution in [0.2, 0.25) is 0 Å². The molecule has 188 valence electrons. The highest BCUT2D eigenvalue weighted by Crippen LogP contribution is 2.32. The predicted octanol–water partition coefficient (Wildman–Crippen LogP) is 3.67. The van der Waals surface area contributed by atoms with Crippen molar-refractivity contribution in [2.45, 2.75) is 18.8 Å². The number of amides is 2. The number of aromatic nitrogens is 5. The normalized spacial score (nSPS) is 15.3. The number of anilines is 1. The van der Waals surface area contributed by atoms with Crippen molar-refractivity contribution in [3.05, 3.63) is 72.9 Å². The standard InChI is InChI=1S/C26H25N7O4/c1-3-23(34)33-13-5-6-17(15-33)26-30-24(32-37-26)16-9-10-20(22(14-16)36-2)29-25(35)21-8-4-7-18(28-21)19-11-12-27-31-19/h3-4,7-12,14,17H,1,5-6,13,15H2,2H3,(H,27,31)(H,29,35). The Morgan fingerprint density at radius 2 is 2.14 bits per heavy atom. The Bertz CT molecular complexity index is 1430. The second-order valence-electron chi connectivity index (χ2n) is 8.53. The number of pyridine rings is 1. The largest absolute Gasteiger partial charge is 0.495 e. The fourth-order valence-corrected chi connectivity index (χ4v) is 4.26. The van der Waals surface area contributed by atoms with Crippen LogP contribution < -0.4 is 10.1 Å². The molecular weight excluding hydrogens is 474 g/mol. The summed E-state index contributed by atoms with van der Waals surface area (Å²) < 4.78 is 11.1. The lowest BCUT2D eigenvalue weighted by atomic mass is 9.98. The number of nitrogens with zero attached hydrogens (tertiary/aromatic N) is 5. The van der Waals surface area contributed by atoms with Crippen molar-refractivity contribution < 1.29 is 18.8 Å². The number of piperidine rings is 1. The van der Waals surface area contributed by atoms with E-state index in [-0.39, 0.29) is 23.4 Å². The summed E-state index contributed by atoms with van der Waals surface area (Å²) >= 11 is 0. The molecule has 0 saturated carbocycles. The molecule has 0 bridgehead atoms. The smallest absolute Gasteiger partial charge is 0.274 e. The molecule has 5 rings (SSSR count). The third-order valence-electron chi connectivity index (χ3n) is 6.17. The minimum absolute atomic E-state index is 0.0376. The van der Waals surface area contributed by atoms with Gasteiger partial charge < -0.3 is 19.5 Å². The predicted molar refractivity (Wildman–Crippen MR) is 135 cm³/mol. The van der Waals surface area contributed by atoms with E-state index in [2.05, 4.69) is 37.2 Å². The summed E-state index contributed by atoms with van der Waals surface area (Å²) in [6.07, 6.45) is 4.65. The van der Waals surface area contributed by atoms with Crippen LogP contribution in [0, 0.1) is 0 Å². The monoisotopic (exact) mass is 499 g/mol. The second kappa shape index (κ2) is 10.4. The highest BCUT2D eigenvalue weighted by molar-refractivity contribution is 6.04. The van der Waals surface area contributed by atoms with E-state index in [0.29, 0.717) is 53.2 Å². The lowest BCUT2D eigenvalue weighted by Crippen LogP contribution is -2.38. The van der Waals surface area contributed by atoms with E-state index >= 15 is 0 Å². The zero-order chi connectivity index (χ0) is 25.8. The van der Waals surface area contributed by atoms with Crippen LogP contribution in [0.3, 0.4) is 0 Å². The van der Waals surface area contributed by atoms with E-state index in [1.54, 1.807) is 53.6 Å². The number of likely N-dealkylation sites (tertiary alicyclic amines) is 1. The van der Waals surface area contributed by atoms with Gasteiger partial charge in [-0.05, 0) is 55.3 Å². The van der Waals surface area contributed by atoms with Crippen LogP contribution in [0.5, 0.6) is 5.75 Å². The van der Waals surface area contributed by atoms with Crippen LogP contribution in [0.15, 0.2) is 65.8 Å². The number of hydrogen-bond acceptors (Lipinski definition) is 8. The van der Waals surface area contributed by atoms with Crippen LogP contribution in [0.25, 0.3) is 22.8 Å². The van der Waals surface area contributed by atoms with Gasteiger partial charge in [0, 0.05) is 24.8 Å². The Morgan fingerprint density at radius 1 is 1.24 bits per heavy atom. The molecule has 1 aliphatic rings. The molecule has 11 heteroatoms. The molecule has 11 nitrogen and oxygen atoms in total. The molecule has 1 saturated heterocycles. The quantitative estimate of drug-likeness (QED) is 0.367. The fraction of sp³-hybridized carbons (Fsp3) is 0.231. The van der Waals surface area contributed by atoms with E-state index in [1.165, 1.54) is 13.2 Å². The lowest BCUT2D eigenvalue weighted by molar-refractivity contribution is -0.127. The summed E-state index contributed by atoms with van der Waals surface area (Å²) in [4.78, 5) is 35.6. The zero-order valence-corrected chi connectivity index (χ0v) is 20.2. The van der Waals surface area contributed by atoms with E-state index < -0.39 is 0 Å². The number of methoxy groups -OCH3 is 1. The average molecular weight is 500 g/mol. The molecule has 2 N–H and O–H groups in total. The molecule has 0 radical (unpaired) electrons. The number of benzene rings is 1. The van der Waals surface area contributed by atoms with Gasteiger partial charge in [0.15, 0.2) is 0 Å². The molecule has 1 aromatic carbocycles. The third-order valence-corrected chi connectivity index (χ3v) is 6.17. The summed E-state index contributed by atoms with van der Waals surface area (Å²) in [5.41, 5.74) is 2.70. The van der Waals surface area contributed by atoms with Crippen molar-refractivity contribution >= 4 is 17.5 Å². The van der Waals surface area contributed by atoms with Crippen molar-refractivity contribution in [3.63, 3.8) is 0 Å². The maximum absolute atomic E-state index is 12.9. The number of rotatable bonds is 7. The first-order valence-electron chi connectivity index (χ1n) is 11.8. The topological polar surface area (TPSA) is 139 Å². The SMILES string of the molecule is C=CC(=O)N1CCCC(c2nc(-c3ccc(NC(=O)c4cccc(-c5ccn[nH]5)n4)c(OC)c3)no2)C1. The second-order valence-corrected chi connectivity index (χ2v) is 8.53. The van der Waals surface area contributed by atoms with Crippen LogP contribution >= 0.6 is 0 Å². The van der Waals surface area contributed by atoms with Crippen molar-refractivity contribution in [2.75, 3.05) is 25.5 Å². The number of nitrogens with one attached hydrogen (secondary N) is 2. The lowest BCUT2D eigenvalue weighted by Gasteiger charge is -2.30. The Morgan fingerprint density at radius 3 is 2.92 bits per heavy atom. The minimum atomic E-state index is -0.384. The Hall–Kier alpha value is -4.80. The Kier molecular flexibility index (Phi) is 6.75. The first kappa shape index (κ1) is 23.9. The molecule has 2 amide bonds. The first-order valence-corrected chi connectivity index (χ1v) is 11.8. The number of carbonyl (C=O) groups excluding carboxylic acids is 2. The van der Waals surface area contributed by atoms with Gasteiger partial charge in [0.25, 0.3) is 5.91 Å². The van der Waals surface area contributed by atoms with Crippen molar-refractivity contribution in [2.24, 2.45) is 0 Å². The van der Waals surface area contributed by atoms with Gasteiger partial charge in [0.05, 0.1) is 30.1 Å². The van der Waals surface area contributed by atoms with Crippen LogP contribution in [-0.2, 0) is 4.79 Å². The molecular formula is C26H25N7O4. The average Bonchev–Trinajstić information content (AvgIpc) is 3.66. The Balaban J connectivity index is 1.32. The van der Waals surface area contributed by atoms with E-state index in [0.717, 1.165) is 12.8 Å². The van der Waals surface area contributed by atoms with E-state index in [9.17, 15) is 9.59 Å². The molecule has 37 heavy (non-hydrogen) atoms. The number of H-pyrrole nitrogens is 1. The molecule has 1 fully saturated rings. The molecule has 4 heterocycles. The minimum Gasteiger partial charge on any atom is -0.495 e. The summed E-state index contributed by atoms with van der Waals surface area (Å²) in [6, 6.07) is 12.2. The van der Waals surface area contributed by atoms with Crippen LogP contribution in [0.4, 0.5) is 5.69 Å².